The molecule has 0 radical (unpaired) electrons. The number of hydrogen-bond donors (Lipinski definition) is 0. The molecule has 2 bridgehead atoms. The normalized spacial score (nSPS) is 17.1. The van der Waals surface area contributed by atoms with E-state index >= 15 is 0 Å². The van der Waals surface area contributed by atoms with Crippen LogP contribution >= 0.6 is 46.1 Å². The summed E-state index contributed by atoms with van der Waals surface area (Å²) in [5.41, 5.74) is 5.88. The zero-order valence-corrected chi connectivity index (χ0v) is 31.8. The van der Waals surface area contributed by atoms with Crippen molar-refractivity contribution in [2.45, 2.75) is 118 Å². The highest BCUT2D eigenvalue weighted by Crippen LogP contribution is 2.57. The summed E-state index contributed by atoms with van der Waals surface area (Å²) in [6, 6.07) is 24.3. The molecule has 4 aromatic rings. The quantitative estimate of drug-likeness (QED) is 0.0931. The summed E-state index contributed by atoms with van der Waals surface area (Å²) in [4.78, 5) is 4.32. The lowest BCUT2D eigenvalue weighted by molar-refractivity contribution is 0.437. The Labute approximate surface area is 295 Å². The molecular weight excluding hydrogens is 695 g/mol. The number of aryl methyl sites for hydroxylation is 2. The molecule has 0 spiro atoms. The van der Waals surface area contributed by atoms with Crippen LogP contribution in [-0.2, 0) is 12.8 Å². The van der Waals surface area contributed by atoms with E-state index in [4.69, 9.17) is 0 Å². The smallest absolute Gasteiger partial charge is 0.0550 e. The molecule has 3 heteroatoms. The van der Waals surface area contributed by atoms with Gasteiger partial charge in [0.05, 0.1) is 5.25 Å². The molecule has 0 aliphatic carbocycles. The first-order chi connectivity index (χ1) is 21.7. The van der Waals surface area contributed by atoms with Gasteiger partial charge in [-0.3, -0.25) is 0 Å². The Morgan fingerprint density at radius 3 is 1.93 bits per heavy atom. The lowest BCUT2D eigenvalue weighted by atomic mass is 9.93. The summed E-state index contributed by atoms with van der Waals surface area (Å²) >= 11 is 6.71. The Balaban J connectivity index is 1.14. The summed E-state index contributed by atoms with van der Waals surface area (Å²) < 4.78 is 0.773. The Kier molecular flexibility index (Phi) is 11.3. The molecule has 0 amide bonds. The van der Waals surface area contributed by atoms with Crippen molar-refractivity contribution in [2.75, 3.05) is 0 Å². The minimum atomic E-state index is 0.394. The molecule has 3 atom stereocenters. The molecule has 2 aliphatic heterocycles. The van der Waals surface area contributed by atoms with E-state index in [9.17, 15) is 0 Å². The number of thioether (sulfide) groups is 2. The van der Waals surface area contributed by atoms with Gasteiger partial charge in [0.25, 0.3) is 0 Å². The molecule has 45 heavy (non-hydrogen) atoms. The summed E-state index contributed by atoms with van der Waals surface area (Å²) in [7, 11) is 0. The van der Waals surface area contributed by atoms with Gasteiger partial charge < -0.3 is 0 Å². The van der Waals surface area contributed by atoms with Crippen LogP contribution in [0.2, 0.25) is 0 Å². The van der Waals surface area contributed by atoms with Gasteiger partial charge in [0.2, 0.25) is 0 Å². The fraction of sp³-hybridized carbons (Fsp3) is 0.476. The maximum Gasteiger partial charge on any atom is 0.0550 e. The van der Waals surface area contributed by atoms with Gasteiger partial charge in [-0.15, -0.1) is 11.8 Å². The largest absolute Gasteiger partial charge is 0.113 e. The van der Waals surface area contributed by atoms with Gasteiger partial charge in [0.15, 0.2) is 0 Å². The fourth-order valence-electron chi connectivity index (χ4n) is 6.99. The van der Waals surface area contributed by atoms with Crippen molar-refractivity contribution < 1.29 is 0 Å². The van der Waals surface area contributed by atoms with Gasteiger partial charge in [-0.2, -0.15) is 0 Å². The number of fused-ring (bicyclic) bond motifs is 7. The molecule has 0 saturated heterocycles. The topological polar surface area (TPSA) is 0 Å². The van der Waals surface area contributed by atoms with Gasteiger partial charge in [-0.05, 0) is 112 Å². The SMILES string of the molecule is CC(C)CCCC(C)CCc1ccc2cc3c(cc2c1)SC1=CC3Sc2cc3cc(CCC(I)CCCC(C)C)ccc3cc21. The lowest BCUT2D eigenvalue weighted by Crippen LogP contribution is -2.06. The molecule has 0 nitrogen and oxygen atoms in total. The van der Waals surface area contributed by atoms with E-state index in [1.165, 1.54) is 123 Å². The van der Waals surface area contributed by atoms with Crippen molar-refractivity contribution in [1.29, 1.82) is 0 Å². The van der Waals surface area contributed by atoms with Crippen molar-refractivity contribution in [3.8, 4) is 0 Å². The number of hydrogen-bond acceptors (Lipinski definition) is 2. The third-order valence-corrected chi connectivity index (χ3v) is 13.5. The van der Waals surface area contributed by atoms with Gasteiger partial charge in [0.1, 0.15) is 0 Å². The molecule has 0 saturated carbocycles. The van der Waals surface area contributed by atoms with Crippen LogP contribution in [0.3, 0.4) is 0 Å². The Morgan fingerprint density at radius 1 is 0.622 bits per heavy atom. The van der Waals surface area contributed by atoms with Crippen LogP contribution in [0.25, 0.3) is 26.5 Å². The zero-order chi connectivity index (χ0) is 31.5. The molecule has 0 N–H and O–H groups in total. The second-order valence-electron chi connectivity index (χ2n) is 14.7. The second-order valence-corrected chi connectivity index (χ2v) is 18.7. The average molecular weight is 747 g/mol. The minimum Gasteiger partial charge on any atom is -0.113 e. The molecule has 238 valence electrons. The van der Waals surface area contributed by atoms with Crippen molar-refractivity contribution in [3.05, 3.63) is 89.0 Å². The van der Waals surface area contributed by atoms with Crippen LogP contribution in [0.5, 0.6) is 0 Å². The summed E-state index contributed by atoms with van der Waals surface area (Å²) in [5, 5.41) is 5.94. The molecule has 6 rings (SSSR count). The monoisotopic (exact) mass is 746 g/mol. The predicted octanol–water partition coefficient (Wildman–Crippen LogP) is 14.2. The van der Waals surface area contributed by atoms with Gasteiger partial charge in [0, 0.05) is 24.2 Å². The maximum absolute atomic E-state index is 2.68. The number of halogens is 1. The highest BCUT2D eigenvalue weighted by Gasteiger charge is 2.29. The Morgan fingerprint density at radius 2 is 1.24 bits per heavy atom. The van der Waals surface area contributed by atoms with Crippen LogP contribution in [0.1, 0.15) is 113 Å². The summed E-state index contributed by atoms with van der Waals surface area (Å²) in [6.07, 6.45) is 15.6. The van der Waals surface area contributed by atoms with E-state index < -0.39 is 0 Å². The molecule has 0 fully saturated rings. The number of alkyl halides is 1. The van der Waals surface area contributed by atoms with Crippen molar-refractivity contribution in [2.24, 2.45) is 17.8 Å². The van der Waals surface area contributed by atoms with Crippen LogP contribution in [0, 0.1) is 17.8 Å². The molecule has 3 unspecified atom stereocenters. The van der Waals surface area contributed by atoms with Crippen LogP contribution < -0.4 is 0 Å². The third-order valence-electron chi connectivity index (χ3n) is 9.83. The van der Waals surface area contributed by atoms with E-state index in [2.05, 4.69) is 124 Å². The highest BCUT2D eigenvalue weighted by atomic mass is 127. The van der Waals surface area contributed by atoms with Crippen LogP contribution in [0.15, 0.2) is 76.5 Å². The Bertz CT molecular complexity index is 1660. The third kappa shape index (κ3) is 8.54. The van der Waals surface area contributed by atoms with E-state index in [1.807, 2.05) is 23.5 Å². The Hall–Kier alpha value is -1.43. The molecule has 4 aromatic carbocycles. The van der Waals surface area contributed by atoms with Crippen molar-refractivity contribution >= 4 is 72.6 Å². The molecule has 2 aliphatic rings. The summed E-state index contributed by atoms with van der Waals surface area (Å²) in [5.74, 6) is 2.45. The second kappa shape index (κ2) is 15.2. The lowest BCUT2D eigenvalue weighted by Gasteiger charge is -2.30. The van der Waals surface area contributed by atoms with E-state index in [1.54, 1.807) is 0 Å². The first-order valence-corrected chi connectivity index (χ1v) is 20.5. The van der Waals surface area contributed by atoms with Gasteiger partial charge >= 0.3 is 0 Å². The van der Waals surface area contributed by atoms with Crippen molar-refractivity contribution in [1.82, 2.24) is 0 Å². The highest BCUT2D eigenvalue weighted by molar-refractivity contribution is 14.1. The predicted molar refractivity (Wildman–Crippen MR) is 211 cm³/mol. The first kappa shape index (κ1) is 33.5. The number of benzene rings is 4. The van der Waals surface area contributed by atoms with E-state index in [0.29, 0.717) is 5.25 Å². The molecule has 0 aromatic heterocycles. The molecule has 2 heterocycles. The van der Waals surface area contributed by atoms with Crippen LogP contribution in [0.4, 0.5) is 0 Å². The molecular formula is C42H51IS2. The number of rotatable bonds is 14. The zero-order valence-electron chi connectivity index (χ0n) is 28.0. The summed E-state index contributed by atoms with van der Waals surface area (Å²) in [6.45, 7) is 11.8. The van der Waals surface area contributed by atoms with E-state index in [0.717, 1.165) is 21.7 Å². The van der Waals surface area contributed by atoms with E-state index in [-0.39, 0.29) is 0 Å². The average Bonchev–Trinajstić information content (AvgIpc) is 3.01. The van der Waals surface area contributed by atoms with Gasteiger partial charge in [-0.25, -0.2) is 0 Å². The minimum absolute atomic E-state index is 0.394. The first-order valence-electron chi connectivity index (χ1n) is 17.6. The van der Waals surface area contributed by atoms with Crippen molar-refractivity contribution in [3.63, 3.8) is 0 Å². The standard InChI is InChI=1S/C42H51IS2/c1-27(2)8-6-10-29(5)12-13-30-14-17-32-22-37-39(24-34(32)20-30)44-42-26-41(37)45-40-25-35-21-31(15-18-33(35)23-38(40)42)16-19-36(43)11-7-9-28(3)4/h14-15,17-18,20-29,36,41H,6-13,16,19H2,1-5H3. The maximum atomic E-state index is 2.68. The fourth-order valence-corrected chi connectivity index (χ4v) is 10.5. The van der Waals surface area contributed by atoms with Crippen LogP contribution in [-0.4, -0.2) is 3.92 Å². The van der Waals surface area contributed by atoms with Gasteiger partial charge in [-0.1, -0.05) is 144 Å².